The molecule has 0 fully saturated rings. The maximum absolute atomic E-state index is 12.9. The highest BCUT2D eigenvalue weighted by Gasteiger charge is 2.28. The van der Waals surface area contributed by atoms with Crippen LogP contribution in [-0.4, -0.2) is 66.5 Å². The van der Waals surface area contributed by atoms with E-state index in [4.69, 9.17) is 23.3 Å². The lowest BCUT2D eigenvalue weighted by molar-refractivity contribution is -0.161. The van der Waals surface area contributed by atoms with E-state index in [1.807, 2.05) is 0 Å². The van der Waals surface area contributed by atoms with Gasteiger partial charge in [0.1, 0.15) is 12.7 Å². The van der Waals surface area contributed by atoms with Gasteiger partial charge in [-0.3, -0.25) is 23.4 Å². The average molecular weight is 1070 g/mol. The van der Waals surface area contributed by atoms with Gasteiger partial charge in [-0.2, -0.15) is 0 Å². The molecule has 0 heterocycles. The van der Waals surface area contributed by atoms with Crippen LogP contribution in [0, 0.1) is 0 Å². The summed E-state index contributed by atoms with van der Waals surface area (Å²) in [4.78, 5) is 48.7. The third kappa shape index (κ3) is 55.2. The van der Waals surface area contributed by atoms with Crippen molar-refractivity contribution >= 4 is 25.7 Å². The minimum Gasteiger partial charge on any atom is -0.462 e. The van der Waals surface area contributed by atoms with Crippen LogP contribution < -0.4 is 0 Å². The van der Waals surface area contributed by atoms with E-state index in [-0.39, 0.29) is 25.9 Å². The molecule has 0 aromatic carbocycles. The van der Waals surface area contributed by atoms with Gasteiger partial charge >= 0.3 is 25.7 Å². The van der Waals surface area contributed by atoms with E-state index in [0.717, 1.165) is 57.8 Å². The highest BCUT2D eigenvalue weighted by molar-refractivity contribution is 7.47. The van der Waals surface area contributed by atoms with Crippen LogP contribution in [0.2, 0.25) is 0 Å². The van der Waals surface area contributed by atoms with E-state index in [1.54, 1.807) is 0 Å². The zero-order valence-corrected chi connectivity index (χ0v) is 49.7. The molecular formula is C62H121O11P. The van der Waals surface area contributed by atoms with Crippen molar-refractivity contribution in [1.82, 2.24) is 0 Å². The number of aliphatic hydroxyl groups excluding tert-OH is 1. The second-order valence-corrected chi connectivity index (χ2v) is 23.4. The molecule has 0 saturated carbocycles. The summed E-state index contributed by atoms with van der Waals surface area (Å²) in [5, 5.41) is 9.84. The Labute approximate surface area is 456 Å². The average Bonchev–Trinajstić information content (AvgIpc) is 3.39. The Kier molecular flexibility index (Phi) is 56.5. The molecule has 0 aliphatic heterocycles. The van der Waals surface area contributed by atoms with Crippen molar-refractivity contribution in [2.75, 3.05) is 26.4 Å². The first-order valence-corrected chi connectivity index (χ1v) is 33.4. The summed E-state index contributed by atoms with van der Waals surface area (Å²) in [6.07, 6.45) is 56.2. The Bertz CT molecular complexity index is 1250. The first kappa shape index (κ1) is 72.5. The highest BCUT2D eigenvalue weighted by Crippen LogP contribution is 2.43. The van der Waals surface area contributed by atoms with Crippen LogP contribution in [0.5, 0.6) is 0 Å². The summed E-state index contributed by atoms with van der Waals surface area (Å²) >= 11 is 0. The van der Waals surface area contributed by atoms with Crippen molar-refractivity contribution in [1.29, 1.82) is 0 Å². The van der Waals surface area contributed by atoms with Gasteiger partial charge in [0.25, 0.3) is 0 Å². The molecule has 74 heavy (non-hydrogen) atoms. The molecule has 0 amide bonds. The molecule has 440 valence electrons. The third-order valence-electron chi connectivity index (χ3n) is 14.5. The monoisotopic (exact) mass is 1070 g/mol. The van der Waals surface area contributed by atoms with Gasteiger partial charge in [0.15, 0.2) is 6.10 Å². The normalized spacial score (nSPS) is 13.2. The Hall–Kier alpha value is -1.52. The van der Waals surface area contributed by atoms with Gasteiger partial charge < -0.3 is 24.2 Å². The number of carbonyl (C=O) groups is 3. The van der Waals surface area contributed by atoms with Crippen molar-refractivity contribution in [3.8, 4) is 0 Å². The van der Waals surface area contributed by atoms with Crippen molar-refractivity contribution in [2.45, 2.75) is 354 Å². The summed E-state index contributed by atoms with van der Waals surface area (Å²) < 4.78 is 39.7. The summed E-state index contributed by atoms with van der Waals surface area (Å²) in [6, 6.07) is 0. The minimum atomic E-state index is -4.74. The fraction of sp³-hybridized carbons (Fsp3) is 0.952. The largest absolute Gasteiger partial charge is 0.472 e. The predicted molar refractivity (Wildman–Crippen MR) is 307 cm³/mol. The number of hydrogen-bond acceptors (Lipinski definition) is 10. The van der Waals surface area contributed by atoms with Gasteiger partial charge in [-0.1, -0.05) is 303 Å². The van der Waals surface area contributed by atoms with Crippen LogP contribution in [0.4, 0.5) is 0 Å². The maximum Gasteiger partial charge on any atom is 0.472 e. The van der Waals surface area contributed by atoms with Crippen LogP contribution in [0.1, 0.15) is 342 Å². The molecule has 0 aromatic rings. The van der Waals surface area contributed by atoms with E-state index >= 15 is 0 Å². The number of phosphoric ester groups is 1. The molecule has 0 spiro atoms. The van der Waals surface area contributed by atoms with Crippen LogP contribution >= 0.6 is 7.82 Å². The lowest BCUT2D eigenvalue weighted by Gasteiger charge is -2.21. The van der Waals surface area contributed by atoms with E-state index in [9.17, 15) is 28.9 Å². The van der Waals surface area contributed by atoms with Crippen LogP contribution in [0.3, 0.4) is 0 Å². The Balaban J connectivity index is 4.62. The van der Waals surface area contributed by atoms with Crippen LogP contribution in [-0.2, 0) is 42.2 Å². The van der Waals surface area contributed by atoms with Gasteiger partial charge in [0.2, 0.25) is 0 Å². The van der Waals surface area contributed by atoms with Crippen molar-refractivity contribution in [3.63, 3.8) is 0 Å². The first-order chi connectivity index (χ1) is 36.2. The molecule has 0 aliphatic rings. The number of carbonyl (C=O) groups excluding carboxylic acids is 3. The molecule has 0 radical (unpaired) electrons. The number of ether oxygens (including phenoxy) is 3. The Morgan fingerprint density at radius 1 is 0.324 bits per heavy atom. The van der Waals surface area contributed by atoms with E-state index in [0.29, 0.717) is 19.3 Å². The summed E-state index contributed by atoms with van der Waals surface area (Å²) in [5.74, 6) is -1.42. The lowest BCUT2D eigenvalue weighted by Crippen LogP contribution is -2.30. The number of unbranched alkanes of at least 4 members (excludes halogenated alkanes) is 44. The smallest absolute Gasteiger partial charge is 0.462 e. The molecule has 0 bridgehead atoms. The van der Waals surface area contributed by atoms with Crippen molar-refractivity contribution in [2.24, 2.45) is 0 Å². The van der Waals surface area contributed by atoms with Crippen molar-refractivity contribution < 1.29 is 52.2 Å². The molecule has 3 atom stereocenters. The van der Waals surface area contributed by atoms with Crippen LogP contribution in [0.25, 0.3) is 0 Å². The maximum atomic E-state index is 12.9. The van der Waals surface area contributed by atoms with E-state index in [2.05, 4.69) is 20.8 Å². The number of rotatable bonds is 61. The lowest BCUT2D eigenvalue weighted by atomic mass is 10.0. The fourth-order valence-corrected chi connectivity index (χ4v) is 10.4. The first-order valence-electron chi connectivity index (χ1n) is 31.9. The van der Waals surface area contributed by atoms with E-state index in [1.165, 1.54) is 225 Å². The number of phosphoric acid groups is 1. The molecule has 0 aliphatic carbocycles. The third-order valence-corrected chi connectivity index (χ3v) is 15.5. The molecule has 0 saturated heterocycles. The second-order valence-electron chi connectivity index (χ2n) is 22.0. The zero-order chi connectivity index (χ0) is 54.1. The highest BCUT2D eigenvalue weighted by atomic mass is 31.2. The molecular weight excluding hydrogens is 952 g/mol. The summed E-state index contributed by atoms with van der Waals surface area (Å²) in [5.41, 5.74) is 0. The topological polar surface area (TPSA) is 155 Å². The molecule has 0 rings (SSSR count). The van der Waals surface area contributed by atoms with Gasteiger partial charge in [-0.05, 0) is 19.3 Å². The predicted octanol–water partition coefficient (Wildman–Crippen LogP) is 19.0. The molecule has 3 unspecified atom stereocenters. The van der Waals surface area contributed by atoms with Gasteiger partial charge in [-0.15, -0.1) is 0 Å². The fourth-order valence-electron chi connectivity index (χ4n) is 9.66. The molecule has 11 nitrogen and oxygen atoms in total. The standard InChI is InChI=1S/C62H121O11P/c1-4-7-10-13-16-19-22-25-28-29-32-33-36-39-42-45-48-51-60(64)69-55-59(73-62(66)53-50-47-44-41-38-35-31-27-24-21-18-15-12-9-6-3)57-71-74(67,68)70-56-58(54-63)72-61(65)52-49-46-43-40-37-34-30-26-23-20-17-14-11-8-5-2/h58-59,63H,4-57H2,1-3H3,(H,67,68). The SMILES string of the molecule is CCCCCCCCCCCCCCCCCCCC(=O)OCC(COP(=O)(O)OCC(CO)OC(=O)CCCCCCCCCCCCCCCCC)OC(=O)CCCCCCCCCCCCCCCCC. The number of hydrogen-bond donors (Lipinski definition) is 2. The number of aliphatic hydroxyl groups is 1. The quantitative estimate of drug-likeness (QED) is 0.0259. The van der Waals surface area contributed by atoms with Gasteiger partial charge in [0.05, 0.1) is 19.8 Å². The zero-order valence-electron chi connectivity index (χ0n) is 48.9. The minimum absolute atomic E-state index is 0.179. The van der Waals surface area contributed by atoms with E-state index < -0.39 is 57.8 Å². The van der Waals surface area contributed by atoms with Crippen LogP contribution in [0.15, 0.2) is 0 Å². The summed E-state index contributed by atoms with van der Waals surface area (Å²) in [6.45, 7) is 4.75. The number of esters is 3. The van der Waals surface area contributed by atoms with Gasteiger partial charge in [-0.25, -0.2) is 4.57 Å². The second kappa shape index (κ2) is 57.6. The van der Waals surface area contributed by atoms with Gasteiger partial charge in [0, 0.05) is 19.3 Å². The Morgan fingerprint density at radius 3 is 0.797 bits per heavy atom. The summed E-state index contributed by atoms with van der Waals surface area (Å²) in [7, 11) is -4.74. The van der Waals surface area contributed by atoms with Crippen molar-refractivity contribution in [3.05, 3.63) is 0 Å². The molecule has 12 heteroatoms. The Morgan fingerprint density at radius 2 is 0.541 bits per heavy atom. The molecule has 0 aromatic heterocycles. The molecule has 2 N–H and O–H groups in total.